The summed E-state index contributed by atoms with van der Waals surface area (Å²) in [6.45, 7) is 5.81. The van der Waals surface area contributed by atoms with Gasteiger partial charge < -0.3 is 22.0 Å². The first-order chi connectivity index (χ1) is 12.4. The van der Waals surface area contributed by atoms with E-state index in [2.05, 4.69) is 81.4 Å². The molecule has 0 heterocycles. The molecule has 0 N–H and O–H groups in total. The van der Waals surface area contributed by atoms with E-state index in [4.69, 9.17) is 4.74 Å². The largest absolute Gasteiger partial charge is 1.00 e. The molecule has 0 saturated carbocycles. The Morgan fingerprint density at radius 2 is 1.44 bits per heavy atom. The predicted molar refractivity (Wildman–Crippen MR) is 107 cm³/mol. The number of benzene rings is 2. The summed E-state index contributed by atoms with van der Waals surface area (Å²) in [6.07, 6.45) is 1.38. The van der Waals surface area contributed by atoms with Gasteiger partial charge in [-0.3, -0.25) is 4.79 Å². The molecule has 0 aromatic heterocycles. The first kappa shape index (κ1) is 23.2. The van der Waals surface area contributed by atoms with Crippen LogP contribution in [0.15, 0.2) is 60.7 Å². The summed E-state index contributed by atoms with van der Waals surface area (Å²) in [5.74, 6) is -0.231. The zero-order valence-electron chi connectivity index (χ0n) is 17.0. The highest BCUT2D eigenvalue weighted by atomic mass is 35.5. The Morgan fingerprint density at radius 1 is 1.00 bits per heavy atom. The molecule has 0 aliphatic heterocycles. The fourth-order valence-corrected chi connectivity index (χ4v) is 3.76. The zero-order valence-corrected chi connectivity index (χ0v) is 17.7. The number of hydrogen-bond donors (Lipinski definition) is 0. The standard InChI is InChI=1S/C23H31NO2.ClH/c1-6-22(26-19(3)25)23(17-18(2)24(4)5,20-13-9-7-10-14-20)21-15-11-8-12-16-21;/h7-16,18,22H,6,17H2,1-5H3;1H/p-1/t18-,22-;/m0./s1. The summed E-state index contributed by atoms with van der Waals surface area (Å²) in [5.41, 5.74) is 1.98. The molecule has 0 aliphatic rings. The van der Waals surface area contributed by atoms with Gasteiger partial charge in [0.15, 0.2) is 0 Å². The maximum Gasteiger partial charge on any atom is 0.302 e. The van der Waals surface area contributed by atoms with Gasteiger partial charge in [0, 0.05) is 13.0 Å². The predicted octanol–water partition coefficient (Wildman–Crippen LogP) is 1.66. The third kappa shape index (κ3) is 5.33. The molecule has 2 rings (SSSR count). The van der Waals surface area contributed by atoms with E-state index in [9.17, 15) is 4.79 Å². The summed E-state index contributed by atoms with van der Waals surface area (Å²) in [6, 6.07) is 21.2. The zero-order chi connectivity index (χ0) is 19.2. The number of halogens is 1. The van der Waals surface area contributed by atoms with Gasteiger partial charge in [0.25, 0.3) is 0 Å². The lowest BCUT2D eigenvalue weighted by atomic mass is 9.66. The number of carbonyl (C=O) groups is 1. The normalized spacial score (nSPS) is 13.6. The van der Waals surface area contributed by atoms with Crippen LogP contribution >= 0.6 is 0 Å². The monoisotopic (exact) mass is 388 g/mol. The van der Waals surface area contributed by atoms with Gasteiger partial charge in [-0.05, 0) is 45.0 Å². The highest BCUT2D eigenvalue weighted by molar-refractivity contribution is 5.66. The fraction of sp³-hybridized carbons (Fsp3) is 0.435. The number of esters is 1. The van der Waals surface area contributed by atoms with Crippen molar-refractivity contribution in [1.29, 1.82) is 0 Å². The minimum atomic E-state index is -0.396. The van der Waals surface area contributed by atoms with E-state index < -0.39 is 5.41 Å². The van der Waals surface area contributed by atoms with Gasteiger partial charge >= 0.3 is 5.97 Å². The number of carbonyl (C=O) groups excluding carboxylic acids is 1. The Morgan fingerprint density at radius 3 is 1.78 bits per heavy atom. The number of rotatable bonds is 8. The van der Waals surface area contributed by atoms with Gasteiger partial charge in [-0.2, -0.15) is 0 Å². The molecule has 0 spiro atoms. The van der Waals surface area contributed by atoms with Gasteiger partial charge in [-0.15, -0.1) is 0 Å². The van der Waals surface area contributed by atoms with Crippen LogP contribution in [0.2, 0.25) is 0 Å². The average Bonchev–Trinajstić information content (AvgIpc) is 2.65. The van der Waals surface area contributed by atoms with E-state index in [0.717, 1.165) is 12.8 Å². The number of hydrogen-bond acceptors (Lipinski definition) is 3. The Bertz CT molecular complexity index is 649. The molecule has 0 radical (unpaired) electrons. The van der Waals surface area contributed by atoms with Crippen molar-refractivity contribution in [3.63, 3.8) is 0 Å². The lowest BCUT2D eigenvalue weighted by Gasteiger charge is -2.43. The lowest BCUT2D eigenvalue weighted by molar-refractivity contribution is -0.150. The average molecular weight is 389 g/mol. The molecule has 2 aromatic rings. The first-order valence-corrected chi connectivity index (χ1v) is 9.36. The smallest absolute Gasteiger partial charge is 0.302 e. The van der Waals surface area contributed by atoms with Crippen LogP contribution in [0.5, 0.6) is 0 Å². The number of ether oxygens (including phenoxy) is 1. The van der Waals surface area contributed by atoms with Crippen LogP contribution in [0.3, 0.4) is 0 Å². The molecule has 0 amide bonds. The second-order valence-corrected chi connectivity index (χ2v) is 7.23. The molecule has 27 heavy (non-hydrogen) atoms. The minimum absolute atomic E-state index is 0. The molecule has 2 aromatic carbocycles. The van der Waals surface area contributed by atoms with Crippen LogP contribution < -0.4 is 12.4 Å². The van der Waals surface area contributed by atoms with Crippen LogP contribution in [-0.4, -0.2) is 37.1 Å². The van der Waals surface area contributed by atoms with Crippen LogP contribution in [-0.2, 0) is 14.9 Å². The highest BCUT2D eigenvalue weighted by Crippen LogP contribution is 2.43. The van der Waals surface area contributed by atoms with Crippen molar-refractivity contribution in [3.05, 3.63) is 71.8 Å². The quantitative estimate of drug-likeness (QED) is 0.644. The molecule has 0 unspecified atom stereocenters. The highest BCUT2D eigenvalue weighted by Gasteiger charge is 2.44. The van der Waals surface area contributed by atoms with Gasteiger partial charge in [-0.25, -0.2) is 0 Å². The lowest BCUT2D eigenvalue weighted by Crippen LogP contribution is -3.00. The molecule has 148 valence electrons. The van der Waals surface area contributed by atoms with E-state index in [-0.39, 0.29) is 24.5 Å². The summed E-state index contributed by atoms with van der Waals surface area (Å²) < 4.78 is 5.90. The molecule has 3 nitrogen and oxygen atoms in total. The Labute approximate surface area is 170 Å². The Kier molecular flexibility index (Phi) is 9.01. The van der Waals surface area contributed by atoms with Crippen molar-refractivity contribution in [2.75, 3.05) is 14.1 Å². The topological polar surface area (TPSA) is 29.5 Å². The summed E-state index contributed by atoms with van der Waals surface area (Å²) in [5, 5.41) is 0. The summed E-state index contributed by atoms with van der Waals surface area (Å²) in [7, 11) is 4.19. The van der Waals surface area contributed by atoms with Crippen molar-refractivity contribution in [3.8, 4) is 0 Å². The maximum atomic E-state index is 11.9. The van der Waals surface area contributed by atoms with Gasteiger partial charge in [0.2, 0.25) is 0 Å². The summed E-state index contributed by atoms with van der Waals surface area (Å²) in [4.78, 5) is 14.1. The Hall–Kier alpha value is -1.84. The van der Waals surface area contributed by atoms with Crippen LogP contribution in [0.1, 0.15) is 44.7 Å². The first-order valence-electron chi connectivity index (χ1n) is 9.36. The molecule has 4 heteroatoms. The van der Waals surface area contributed by atoms with Crippen molar-refractivity contribution in [2.45, 2.75) is 51.2 Å². The second-order valence-electron chi connectivity index (χ2n) is 7.23. The molecular weight excluding hydrogens is 358 g/mol. The van der Waals surface area contributed by atoms with Crippen LogP contribution in [0.25, 0.3) is 0 Å². The van der Waals surface area contributed by atoms with Crippen molar-refractivity contribution in [2.24, 2.45) is 0 Å². The van der Waals surface area contributed by atoms with E-state index >= 15 is 0 Å². The minimum Gasteiger partial charge on any atom is -1.00 e. The molecule has 0 fully saturated rings. The van der Waals surface area contributed by atoms with E-state index in [1.54, 1.807) is 0 Å². The maximum absolute atomic E-state index is 11.9. The van der Waals surface area contributed by atoms with E-state index in [1.165, 1.54) is 18.1 Å². The molecule has 0 saturated heterocycles. The molecule has 0 bridgehead atoms. The SMILES string of the molecule is CC[C@H](OC(C)=O)C(C[C@H](C)N(C)C)(c1ccccc1)c1ccccc1.[Cl-]. The molecule has 2 atom stereocenters. The van der Waals surface area contributed by atoms with Gasteiger partial charge in [0.05, 0.1) is 5.41 Å². The van der Waals surface area contributed by atoms with Crippen molar-refractivity contribution < 1.29 is 21.9 Å². The van der Waals surface area contributed by atoms with Gasteiger partial charge in [-0.1, -0.05) is 67.6 Å². The second kappa shape index (κ2) is 10.5. The van der Waals surface area contributed by atoms with Crippen LogP contribution in [0, 0.1) is 0 Å². The fourth-order valence-electron chi connectivity index (χ4n) is 3.76. The van der Waals surface area contributed by atoms with Crippen molar-refractivity contribution in [1.82, 2.24) is 4.90 Å². The van der Waals surface area contributed by atoms with E-state index in [1.807, 2.05) is 12.1 Å². The Balaban J connectivity index is 0.00000364. The van der Waals surface area contributed by atoms with Gasteiger partial charge in [0.1, 0.15) is 6.10 Å². The molecular formula is C23H31ClNO2-. The third-order valence-electron chi connectivity index (χ3n) is 5.31. The number of nitrogens with zero attached hydrogens (tertiary/aromatic N) is 1. The van der Waals surface area contributed by atoms with Crippen LogP contribution in [0.4, 0.5) is 0 Å². The van der Waals surface area contributed by atoms with E-state index in [0.29, 0.717) is 6.04 Å². The summed E-state index contributed by atoms with van der Waals surface area (Å²) >= 11 is 0. The van der Waals surface area contributed by atoms with Crippen molar-refractivity contribution >= 4 is 5.97 Å². The molecule has 0 aliphatic carbocycles. The third-order valence-corrected chi connectivity index (χ3v) is 5.31.